The Morgan fingerprint density at radius 1 is 1.00 bits per heavy atom. The monoisotopic (exact) mass is 464 g/mol. The summed E-state index contributed by atoms with van der Waals surface area (Å²) in [5.74, 6) is -0.898. The number of hydrogen-bond acceptors (Lipinski definition) is 7. The molecule has 0 unspecified atom stereocenters. The third-order valence-corrected chi connectivity index (χ3v) is 4.67. The van der Waals surface area contributed by atoms with Gasteiger partial charge in [-0.05, 0) is 24.1 Å². The van der Waals surface area contributed by atoms with E-state index in [-0.39, 0.29) is 50.4 Å². The van der Waals surface area contributed by atoms with Gasteiger partial charge in [0.25, 0.3) is 5.91 Å². The SMILES string of the molecule is COCC(=O)CCCN(CCOC(=O)COC)C(=O)c1cccc(CNC(=O)C(C)(C)C)c1. The largest absolute Gasteiger partial charge is 0.462 e. The van der Waals surface area contributed by atoms with Crippen LogP contribution in [0.5, 0.6) is 0 Å². The van der Waals surface area contributed by atoms with Crippen LogP contribution in [0.3, 0.4) is 0 Å². The molecule has 0 aliphatic heterocycles. The Morgan fingerprint density at radius 3 is 2.33 bits per heavy atom. The second-order valence-corrected chi connectivity index (χ2v) is 8.65. The van der Waals surface area contributed by atoms with Crippen LogP contribution in [-0.4, -0.2) is 75.6 Å². The van der Waals surface area contributed by atoms with E-state index in [0.29, 0.717) is 25.1 Å². The molecule has 0 spiro atoms. The molecule has 1 rings (SSSR count). The van der Waals surface area contributed by atoms with Crippen LogP contribution in [0, 0.1) is 5.41 Å². The number of amides is 2. The van der Waals surface area contributed by atoms with E-state index >= 15 is 0 Å². The summed E-state index contributed by atoms with van der Waals surface area (Å²) in [6.45, 7) is 6.18. The molecule has 0 bridgehead atoms. The zero-order valence-electron chi connectivity index (χ0n) is 20.3. The third-order valence-electron chi connectivity index (χ3n) is 4.67. The third kappa shape index (κ3) is 11.1. The Morgan fingerprint density at radius 2 is 1.70 bits per heavy atom. The van der Waals surface area contributed by atoms with Gasteiger partial charge in [0.05, 0.1) is 6.54 Å². The molecule has 9 heteroatoms. The minimum Gasteiger partial charge on any atom is -0.462 e. The van der Waals surface area contributed by atoms with Crippen molar-refractivity contribution in [2.45, 2.75) is 40.2 Å². The minimum atomic E-state index is -0.517. The van der Waals surface area contributed by atoms with Gasteiger partial charge >= 0.3 is 5.97 Å². The summed E-state index contributed by atoms with van der Waals surface area (Å²) in [5, 5.41) is 2.87. The van der Waals surface area contributed by atoms with Crippen molar-refractivity contribution in [1.29, 1.82) is 0 Å². The first-order valence-corrected chi connectivity index (χ1v) is 10.9. The molecule has 0 aromatic heterocycles. The molecular formula is C24H36N2O7. The Labute approximate surface area is 195 Å². The van der Waals surface area contributed by atoms with Crippen LogP contribution >= 0.6 is 0 Å². The molecule has 1 aromatic carbocycles. The minimum absolute atomic E-state index is 0.0152. The van der Waals surface area contributed by atoms with E-state index in [9.17, 15) is 19.2 Å². The number of hydrogen-bond donors (Lipinski definition) is 1. The van der Waals surface area contributed by atoms with Crippen LogP contribution < -0.4 is 5.32 Å². The van der Waals surface area contributed by atoms with Gasteiger partial charge in [0, 0.05) is 44.7 Å². The first kappa shape index (κ1) is 28.3. The summed E-state index contributed by atoms with van der Waals surface area (Å²) < 4.78 is 14.7. The van der Waals surface area contributed by atoms with E-state index in [1.54, 1.807) is 23.1 Å². The second-order valence-electron chi connectivity index (χ2n) is 8.65. The average molecular weight is 465 g/mol. The number of rotatable bonds is 14. The van der Waals surface area contributed by atoms with E-state index < -0.39 is 11.4 Å². The zero-order chi connectivity index (χ0) is 24.9. The van der Waals surface area contributed by atoms with Crippen molar-refractivity contribution in [1.82, 2.24) is 10.2 Å². The molecular weight excluding hydrogens is 428 g/mol. The number of carbonyl (C=O) groups is 4. The van der Waals surface area contributed by atoms with Crippen LogP contribution in [0.15, 0.2) is 24.3 Å². The van der Waals surface area contributed by atoms with Crippen molar-refractivity contribution in [3.05, 3.63) is 35.4 Å². The molecule has 0 radical (unpaired) electrons. The smallest absolute Gasteiger partial charge is 0.332 e. The van der Waals surface area contributed by atoms with Gasteiger partial charge in [-0.1, -0.05) is 32.9 Å². The van der Waals surface area contributed by atoms with Crippen molar-refractivity contribution in [2.75, 3.05) is 47.1 Å². The van der Waals surface area contributed by atoms with Crippen molar-refractivity contribution in [3.63, 3.8) is 0 Å². The Kier molecular flexibility index (Phi) is 12.3. The average Bonchev–Trinajstić information content (AvgIpc) is 2.75. The number of esters is 1. The van der Waals surface area contributed by atoms with Gasteiger partial charge in [0.1, 0.15) is 19.8 Å². The summed E-state index contributed by atoms with van der Waals surface area (Å²) in [7, 11) is 2.85. The molecule has 1 aromatic rings. The maximum atomic E-state index is 13.2. The van der Waals surface area contributed by atoms with Gasteiger partial charge in [-0.15, -0.1) is 0 Å². The Balaban J connectivity index is 2.83. The molecule has 1 N–H and O–H groups in total. The van der Waals surface area contributed by atoms with Gasteiger partial charge in [-0.3, -0.25) is 14.4 Å². The predicted octanol–water partition coefficient (Wildman–Crippen LogP) is 1.98. The quantitative estimate of drug-likeness (QED) is 0.419. The summed E-state index contributed by atoms with van der Waals surface area (Å²) in [6.07, 6.45) is 0.737. The van der Waals surface area contributed by atoms with Gasteiger partial charge in [0.15, 0.2) is 5.78 Å². The number of ketones is 1. The highest BCUT2D eigenvalue weighted by Crippen LogP contribution is 2.14. The maximum Gasteiger partial charge on any atom is 0.332 e. The van der Waals surface area contributed by atoms with Crippen molar-refractivity contribution in [3.8, 4) is 0 Å². The highest BCUT2D eigenvalue weighted by atomic mass is 16.6. The Hall–Kier alpha value is -2.78. The number of Topliss-reactive ketones (excluding diaryl/α,β-unsaturated/α-hetero) is 1. The fourth-order valence-corrected chi connectivity index (χ4v) is 2.89. The maximum absolute atomic E-state index is 13.2. The Bertz CT molecular complexity index is 778. The molecule has 0 atom stereocenters. The molecule has 184 valence electrons. The first-order chi connectivity index (χ1) is 15.6. The molecule has 0 heterocycles. The molecule has 0 fully saturated rings. The fourth-order valence-electron chi connectivity index (χ4n) is 2.89. The first-order valence-electron chi connectivity index (χ1n) is 10.9. The lowest BCUT2D eigenvalue weighted by atomic mass is 9.95. The number of ether oxygens (including phenoxy) is 3. The van der Waals surface area contributed by atoms with Gasteiger partial charge in [0.2, 0.25) is 5.91 Å². The van der Waals surface area contributed by atoms with Crippen LogP contribution in [0.2, 0.25) is 0 Å². The lowest BCUT2D eigenvalue weighted by molar-refractivity contribution is -0.148. The number of methoxy groups -OCH3 is 2. The van der Waals surface area contributed by atoms with Crippen molar-refractivity contribution in [2.24, 2.45) is 5.41 Å². The number of benzene rings is 1. The highest BCUT2D eigenvalue weighted by molar-refractivity contribution is 5.94. The van der Waals surface area contributed by atoms with E-state index in [2.05, 4.69) is 5.32 Å². The summed E-state index contributed by atoms with van der Waals surface area (Å²) >= 11 is 0. The van der Waals surface area contributed by atoms with Crippen molar-refractivity contribution < 1.29 is 33.4 Å². The van der Waals surface area contributed by atoms with E-state index in [0.717, 1.165) is 5.56 Å². The summed E-state index contributed by atoms with van der Waals surface area (Å²) in [4.78, 5) is 50.1. The van der Waals surface area contributed by atoms with Crippen LogP contribution in [0.4, 0.5) is 0 Å². The summed E-state index contributed by atoms with van der Waals surface area (Å²) in [5.41, 5.74) is 0.731. The summed E-state index contributed by atoms with van der Waals surface area (Å²) in [6, 6.07) is 7.01. The van der Waals surface area contributed by atoms with Gasteiger partial charge in [-0.2, -0.15) is 0 Å². The standard InChI is InChI=1S/C24H36N2O7/c1-24(2,3)23(30)25-15-18-8-6-9-19(14-18)22(29)26(11-7-10-20(27)16-31-4)12-13-33-21(28)17-32-5/h6,8-9,14H,7,10-13,15-17H2,1-5H3,(H,25,30). The number of nitrogens with one attached hydrogen (secondary N) is 1. The second kappa shape index (κ2) is 14.4. The van der Waals surface area contributed by atoms with E-state index in [4.69, 9.17) is 14.2 Å². The molecule has 0 saturated carbocycles. The lowest BCUT2D eigenvalue weighted by Gasteiger charge is -2.23. The number of carbonyl (C=O) groups excluding carboxylic acids is 4. The fraction of sp³-hybridized carbons (Fsp3) is 0.583. The molecule has 33 heavy (non-hydrogen) atoms. The van der Waals surface area contributed by atoms with Crippen molar-refractivity contribution >= 4 is 23.6 Å². The molecule has 0 saturated heterocycles. The topological polar surface area (TPSA) is 111 Å². The molecule has 2 amide bonds. The molecule has 9 nitrogen and oxygen atoms in total. The van der Waals surface area contributed by atoms with Gasteiger partial charge < -0.3 is 24.4 Å². The predicted molar refractivity (Wildman–Crippen MR) is 123 cm³/mol. The molecule has 0 aliphatic rings. The van der Waals surface area contributed by atoms with E-state index in [1.807, 2.05) is 26.8 Å². The lowest BCUT2D eigenvalue weighted by Crippen LogP contribution is -2.36. The zero-order valence-corrected chi connectivity index (χ0v) is 20.3. The van der Waals surface area contributed by atoms with Crippen LogP contribution in [0.25, 0.3) is 0 Å². The van der Waals surface area contributed by atoms with Gasteiger partial charge in [-0.25, -0.2) is 4.79 Å². The van der Waals surface area contributed by atoms with Crippen LogP contribution in [0.1, 0.15) is 49.5 Å². The molecule has 0 aliphatic carbocycles. The normalized spacial score (nSPS) is 11.1. The highest BCUT2D eigenvalue weighted by Gasteiger charge is 2.21. The number of nitrogens with zero attached hydrogens (tertiary/aromatic N) is 1. The van der Waals surface area contributed by atoms with E-state index in [1.165, 1.54) is 14.2 Å². The van der Waals surface area contributed by atoms with Crippen LogP contribution in [-0.2, 0) is 35.1 Å².